The van der Waals surface area contributed by atoms with E-state index < -0.39 is 11.8 Å². The lowest BCUT2D eigenvalue weighted by atomic mass is 10.1. The van der Waals surface area contributed by atoms with Crippen LogP contribution in [0.3, 0.4) is 0 Å². The van der Waals surface area contributed by atoms with Gasteiger partial charge in [-0.05, 0) is 49.3 Å². The molecule has 0 spiro atoms. The van der Waals surface area contributed by atoms with Crippen molar-refractivity contribution in [3.8, 4) is 0 Å². The Kier molecular flexibility index (Phi) is 4.55. The van der Waals surface area contributed by atoms with E-state index in [-0.39, 0.29) is 12.1 Å². The first-order valence-electron chi connectivity index (χ1n) is 6.35. The van der Waals surface area contributed by atoms with Gasteiger partial charge >= 0.3 is 11.8 Å². The molecule has 1 atom stereocenters. The summed E-state index contributed by atoms with van der Waals surface area (Å²) in [4.78, 5) is 25.2. The smallest absolute Gasteiger partial charge is 0.309 e. The van der Waals surface area contributed by atoms with E-state index in [1.165, 1.54) is 0 Å². The second-order valence-electron chi connectivity index (χ2n) is 4.99. The van der Waals surface area contributed by atoms with Gasteiger partial charge in [-0.25, -0.2) is 0 Å². The average Bonchev–Trinajstić information content (AvgIpc) is 3.01. The molecule has 1 aliphatic carbocycles. The van der Waals surface area contributed by atoms with E-state index in [2.05, 4.69) is 16.0 Å². The standard InChI is InChI=1S/C13H19N3O2S/c1-16(2)11(9-5-6-19-8-9)7-14-12(17)13(18)15-10-3-4-10/h5-6,8,10-11H,3-4,7H2,1-2H3,(H,14,17)(H,15,18)/t11-/m1/s1. The zero-order valence-electron chi connectivity index (χ0n) is 11.2. The molecule has 1 aromatic heterocycles. The molecule has 19 heavy (non-hydrogen) atoms. The highest BCUT2D eigenvalue weighted by atomic mass is 32.1. The zero-order valence-corrected chi connectivity index (χ0v) is 12.0. The maximum Gasteiger partial charge on any atom is 0.309 e. The summed E-state index contributed by atoms with van der Waals surface area (Å²) in [5.74, 6) is -1.07. The van der Waals surface area contributed by atoms with E-state index in [4.69, 9.17) is 0 Å². The van der Waals surface area contributed by atoms with E-state index in [1.807, 2.05) is 30.4 Å². The van der Waals surface area contributed by atoms with Crippen LogP contribution >= 0.6 is 11.3 Å². The van der Waals surface area contributed by atoms with E-state index in [1.54, 1.807) is 11.3 Å². The van der Waals surface area contributed by atoms with Crippen LogP contribution in [-0.4, -0.2) is 43.4 Å². The normalized spacial score (nSPS) is 16.2. The van der Waals surface area contributed by atoms with Crippen molar-refractivity contribution in [2.24, 2.45) is 0 Å². The number of hydrogen-bond donors (Lipinski definition) is 2. The number of likely N-dealkylation sites (N-methyl/N-ethyl adjacent to an activating group) is 1. The first-order chi connectivity index (χ1) is 9.08. The van der Waals surface area contributed by atoms with Gasteiger partial charge in [0.25, 0.3) is 0 Å². The lowest BCUT2D eigenvalue weighted by molar-refractivity contribution is -0.139. The van der Waals surface area contributed by atoms with E-state index >= 15 is 0 Å². The molecule has 1 heterocycles. The zero-order chi connectivity index (χ0) is 13.8. The SMILES string of the molecule is CN(C)[C@H](CNC(=O)C(=O)NC1CC1)c1ccsc1. The number of thiophene rings is 1. The number of hydrogen-bond acceptors (Lipinski definition) is 4. The van der Waals surface area contributed by atoms with Crippen LogP contribution in [0.15, 0.2) is 16.8 Å². The van der Waals surface area contributed by atoms with E-state index in [9.17, 15) is 9.59 Å². The Morgan fingerprint density at radius 1 is 1.42 bits per heavy atom. The van der Waals surface area contributed by atoms with E-state index in [0.29, 0.717) is 6.54 Å². The van der Waals surface area contributed by atoms with Crippen molar-refractivity contribution >= 4 is 23.2 Å². The van der Waals surface area contributed by atoms with Crippen LogP contribution in [0.25, 0.3) is 0 Å². The molecular formula is C13H19N3O2S. The second kappa shape index (κ2) is 6.16. The molecule has 104 valence electrons. The number of amides is 2. The van der Waals surface area contributed by atoms with Gasteiger partial charge in [0.15, 0.2) is 0 Å². The Hall–Kier alpha value is -1.40. The third kappa shape index (κ3) is 4.04. The topological polar surface area (TPSA) is 61.4 Å². The van der Waals surface area contributed by atoms with Crippen LogP contribution in [0, 0.1) is 0 Å². The van der Waals surface area contributed by atoms with Gasteiger partial charge < -0.3 is 15.5 Å². The minimum absolute atomic E-state index is 0.0870. The molecule has 2 rings (SSSR count). The number of nitrogens with zero attached hydrogens (tertiary/aromatic N) is 1. The van der Waals surface area contributed by atoms with Crippen LogP contribution in [0.2, 0.25) is 0 Å². The van der Waals surface area contributed by atoms with Crippen molar-refractivity contribution in [1.82, 2.24) is 15.5 Å². The second-order valence-corrected chi connectivity index (χ2v) is 5.77. The summed E-state index contributed by atoms with van der Waals surface area (Å²) in [7, 11) is 3.91. The highest BCUT2D eigenvalue weighted by molar-refractivity contribution is 7.07. The summed E-state index contributed by atoms with van der Waals surface area (Å²) in [6, 6.07) is 2.33. The number of nitrogens with one attached hydrogen (secondary N) is 2. The summed E-state index contributed by atoms with van der Waals surface area (Å²) in [6.45, 7) is 0.431. The first kappa shape index (κ1) is 14.0. The molecule has 1 aromatic rings. The fraction of sp³-hybridized carbons (Fsp3) is 0.538. The molecule has 2 amide bonds. The number of carbonyl (C=O) groups excluding carboxylic acids is 2. The molecule has 0 radical (unpaired) electrons. The summed E-state index contributed by atoms with van der Waals surface area (Å²) in [6.07, 6.45) is 1.96. The minimum atomic E-state index is -0.547. The minimum Gasteiger partial charge on any atom is -0.346 e. The van der Waals surface area contributed by atoms with Crippen LogP contribution in [0.4, 0.5) is 0 Å². The highest BCUT2D eigenvalue weighted by Crippen LogP contribution is 2.20. The molecular weight excluding hydrogens is 262 g/mol. The Labute approximate surface area is 117 Å². The van der Waals surface area contributed by atoms with Gasteiger partial charge in [0.2, 0.25) is 0 Å². The molecule has 1 aliphatic rings. The third-order valence-corrected chi connectivity index (χ3v) is 3.83. The molecule has 1 saturated carbocycles. The molecule has 0 saturated heterocycles. The molecule has 0 aromatic carbocycles. The van der Waals surface area contributed by atoms with Crippen molar-refractivity contribution in [1.29, 1.82) is 0 Å². The predicted octanol–water partition coefficient (Wildman–Crippen LogP) is 0.746. The van der Waals surface area contributed by atoms with Crippen molar-refractivity contribution in [2.45, 2.75) is 24.9 Å². The largest absolute Gasteiger partial charge is 0.346 e. The number of rotatable bonds is 5. The van der Waals surface area contributed by atoms with Gasteiger partial charge in [0.1, 0.15) is 0 Å². The van der Waals surface area contributed by atoms with Crippen molar-refractivity contribution in [3.05, 3.63) is 22.4 Å². The van der Waals surface area contributed by atoms with Gasteiger partial charge in [-0.1, -0.05) is 0 Å². The van der Waals surface area contributed by atoms with Crippen LogP contribution < -0.4 is 10.6 Å². The van der Waals surface area contributed by atoms with Crippen LogP contribution in [-0.2, 0) is 9.59 Å². The average molecular weight is 281 g/mol. The molecule has 6 heteroatoms. The molecule has 0 unspecified atom stereocenters. The fourth-order valence-corrected chi connectivity index (χ4v) is 2.52. The Balaban J connectivity index is 1.84. The Bertz CT molecular complexity index is 441. The van der Waals surface area contributed by atoms with Gasteiger partial charge in [-0.3, -0.25) is 9.59 Å². The molecule has 0 bridgehead atoms. The van der Waals surface area contributed by atoms with Gasteiger partial charge in [-0.2, -0.15) is 11.3 Å². The van der Waals surface area contributed by atoms with E-state index in [0.717, 1.165) is 18.4 Å². The van der Waals surface area contributed by atoms with Crippen molar-refractivity contribution in [3.63, 3.8) is 0 Å². The summed E-state index contributed by atoms with van der Waals surface area (Å²) in [5.41, 5.74) is 1.15. The van der Waals surface area contributed by atoms with Crippen LogP contribution in [0.1, 0.15) is 24.4 Å². The van der Waals surface area contributed by atoms with Gasteiger partial charge in [-0.15, -0.1) is 0 Å². The lowest BCUT2D eigenvalue weighted by Crippen LogP contribution is -2.43. The predicted molar refractivity (Wildman–Crippen MR) is 74.9 cm³/mol. The third-order valence-electron chi connectivity index (χ3n) is 3.13. The highest BCUT2D eigenvalue weighted by Gasteiger charge is 2.26. The molecule has 0 aliphatic heterocycles. The van der Waals surface area contributed by atoms with Crippen LogP contribution in [0.5, 0.6) is 0 Å². The lowest BCUT2D eigenvalue weighted by Gasteiger charge is -2.23. The van der Waals surface area contributed by atoms with Gasteiger partial charge in [0.05, 0.1) is 6.04 Å². The molecule has 5 nitrogen and oxygen atoms in total. The van der Waals surface area contributed by atoms with Crippen molar-refractivity contribution < 1.29 is 9.59 Å². The molecule has 1 fully saturated rings. The summed E-state index contributed by atoms with van der Waals surface area (Å²) in [5, 5.41) is 9.44. The monoisotopic (exact) mass is 281 g/mol. The molecule has 2 N–H and O–H groups in total. The maximum absolute atomic E-state index is 11.7. The summed E-state index contributed by atoms with van der Waals surface area (Å²) >= 11 is 1.62. The first-order valence-corrected chi connectivity index (χ1v) is 7.29. The fourth-order valence-electron chi connectivity index (χ4n) is 1.81. The Morgan fingerprint density at radius 2 is 2.16 bits per heavy atom. The quantitative estimate of drug-likeness (QED) is 0.783. The van der Waals surface area contributed by atoms with Gasteiger partial charge in [0, 0.05) is 12.6 Å². The number of carbonyl (C=O) groups is 2. The summed E-state index contributed by atoms with van der Waals surface area (Å²) < 4.78 is 0. The Morgan fingerprint density at radius 3 is 2.68 bits per heavy atom. The maximum atomic E-state index is 11.7. The van der Waals surface area contributed by atoms with Crippen molar-refractivity contribution in [2.75, 3.05) is 20.6 Å².